The first-order valence-electron chi connectivity index (χ1n) is 5.66. The van der Waals surface area contributed by atoms with Crippen LogP contribution in [0.15, 0.2) is 24.3 Å². The molecule has 0 saturated carbocycles. The molecular formula is C13H19NO. The summed E-state index contributed by atoms with van der Waals surface area (Å²) in [6.45, 7) is 7.49. The summed E-state index contributed by atoms with van der Waals surface area (Å²) < 4.78 is 5.94. The first-order valence-corrected chi connectivity index (χ1v) is 5.66. The highest BCUT2D eigenvalue weighted by molar-refractivity contribution is 5.42. The molecule has 1 atom stereocenters. The molecule has 0 radical (unpaired) electrons. The summed E-state index contributed by atoms with van der Waals surface area (Å²) in [5.74, 6) is 1.02. The number of benzene rings is 1. The van der Waals surface area contributed by atoms with Crippen molar-refractivity contribution in [1.82, 2.24) is 5.32 Å². The van der Waals surface area contributed by atoms with Gasteiger partial charge in [-0.05, 0) is 32.9 Å². The van der Waals surface area contributed by atoms with Crippen molar-refractivity contribution in [3.63, 3.8) is 0 Å². The summed E-state index contributed by atoms with van der Waals surface area (Å²) in [5.41, 5.74) is 1.15. The van der Waals surface area contributed by atoms with Gasteiger partial charge in [-0.2, -0.15) is 0 Å². The van der Waals surface area contributed by atoms with Gasteiger partial charge in [0.05, 0.1) is 6.04 Å². The number of nitrogens with one attached hydrogen (secondary N) is 1. The van der Waals surface area contributed by atoms with Gasteiger partial charge in [0.2, 0.25) is 0 Å². The molecule has 82 valence electrons. The zero-order valence-corrected chi connectivity index (χ0v) is 9.71. The fourth-order valence-electron chi connectivity index (χ4n) is 2.17. The molecule has 1 heterocycles. The molecule has 0 aromatic heterocycles. The van der Waals surface area contributed by atoms with Gasteiger partial charge in [-0.1, -0.05) is 25.1 Å². The van der Waals surface area contributed by atoms with Crippen molar-refractivity contribution in [2.24, 2.45) is 0 Å². The third kappa shape index (κ3) is 1.86. The summed E-state index contributed by atoms with van der Waals surface area (Å²) in [5, 5.41) is 3.55. The zero-order valence-electron chi connectivity index (χ0n) is 9.71. The molecule has 1 aliphatic rings. The second-order valence-electron chi connectivity index (χ2n) is 4.63. The molecule has 2 heteroatoms. The van der Waals surface area contributed by atoms with Crippen molar-refractivity contribution < 1.29 is 4.74 Å². The van der Waals surface area contributed by atoms with Crippen molar-refractivity contribution in [1.29, 1.82) is 0 Å². The Bertz CT molecular complexity index is 346. The molecule has 1 unspecified atom stereocenters. The van der Waals surface area contributed by atoms with Crippen LogP contribution in [0.3, 0.4) is 0 Å². The van der Waals surface area contributed by atoms with Crippen molar-refractivity contribution in [3.05, 3.63) is 29.8 Å². The van der Waals surface area contributed by atoms with Crippen LogP contribution in [0.25, 0.3) is 0 Å². The summed E-state index contributed by atoms with van der Waals surface area (Å²) in [4.78, 5) is 0. The molecule has 2 nitrogen and oxygen atoms in total. The highest BCUT2D eigenvalue weighted by Crippen LogP contribution is 2.42. The van der Waals surface area contributed by atoms with Crippen LogP contribution >= 0.6 is 0 Å². The van der Waals surface area contributed by atoms with E-state index in [1.165, 1.54) is 5.56 Å². The van der Waals surface area contributed by atoms with Crippen LogP contribution in [-0.2, 0) is 0 Å². The normalized spacial score (nSPS) is 22.2. The molecule has 1 aromatic carbocycles. The van der Waals surface area contributed by atoms with Crippen LogP contribution in [0.5, 0.6) is 5.75 Å². The van der Waals surface area contributed by atoms with Crippen molar-refractivity contribution >= 4 is 0 Å². The average molecular weight is 205 g/mol. The van der Waals surface area contributed by atoms with E-state index in [9.17, 15) is 0 Å². The monoisotopic (exact) mass is 205 g/mol. The van der Waals surface area contributed by atoms with Crippen molar-refractivity contribution in [3.8, 4) is 5.75 Å². The standard InChI is InChI=1S/C13H19NO/c1-4-9-14-12-10-7-5-6-8-11(10)15-13(12,2)3/h5-8,12,14H,4,9H2,1-3H3. The lowest BCUT2D eigenvalue weighted by Gasteiger charge is -2.27. The van der Waals surface area contributed by atoms with E-state index in [0.29, 0.717) is 6.04 Å². The Morgan fingerprint density at radius 1 is 1.33 bits per heavy atom. The number of ether oxygens (including phenoxy) is 1. The Labute approximate surface area is 91.6 Å². The molecule has 2 rings (SSSR count). The first kappa shape index (κ1) is 10.5. The molecule has 0 saturated heterocycles. The van der Waals surface area contributed by atoms with E-state index in [-0.39, 0.29) is 5.60 Å². The van der Waals surface area contributed by atoms with Crippen molar-refractivity contribution in [2.75, 3.05) is 6.54 Å². The van der Waals surface area contributed by atoms with E-state index in [0.717, 1.165) is 18.7 Å². The third-order valence-electron chi connectivity index (χ3n) is 2.90. The number of hydrogen-bond acceptors (Lipinski definition) is 2. The molecule has 1 aliphatic heterocycles. The molecule has 0 spiro atoms. The maximum Gasteiger partial charge on any atom is 0.125 e. The quantitative estimate of drug-likeness (QED) is 0.819. The Balaban J connectivity index is 2.26. The Morgan fingerprint density at radius 3 is 2.80 bits per heavy atom. The predicted molar refractivity (Wildman–Crippen MR) is 62.2 cm³/mol. The van der Waals surface area contributed by atoms with Gasteiger partial charge in [-0.15, -0.1) is 0 Å². The van der Waals surface area contributed by atoms with Crippen LogP contribution in [0, 0.1) is 0 Å². The maximum absolute atomic E-state index is 5.94. The summed E-state index contributed by atoms with van der Waals surface area (Å²) in [6, 6.07) is 8.61. The third-order valence-corrected chi connectivity index (χ3v) is 2.90. The number of hydrogen-bond donors (Lipinski definition) is 1. The number of fused-ring (bicyclic) bond motifs is 1. The van der Waals surface area contributed by atoms with Crippen LogP contribution in [0.1, 0.15) is 38.8 Å². The summed E-state index contributed by atoms with van der Waals surface area (Å²) in [7, 11) is 0. The van der Waals surface area contributed by atoms with E-state index in [4.69, 9.17) is 4.74 Å². The Hall–Kier alpha value is -1.02. The molecule has 0 bridgehead atoms. The molecule has 0 amide bonds. The largest absolute Gasteiger partial charge is 0.486 e. The molecule has 1 aromatic rings. The second kappa shape index (κ2) is 3.86. The zero-order chi connectivity index (χ0) is 10.9. The number of rotatable bonds is 3. The van der Waals surface area contributed by atoms with Gasteiger partial charge in [-0.25, -0.2) is 0 Å². The topological polar surface area (TPSA) is 21.3 Å². The first-order chi connectivity index (χ1) is 7.15. The van der Waals surface area contributed by atoms with Crippen LogP contribution < -0.4 is 10.1 Å². The van der Waals surface area contributed by atoms with Crippen LogP contribution in [-0.4, -0.2) is 12.1 Å². The minimum absolute atomic E-state index is 0.140. The Kier molecular flexibility index (Phi) is 2.70. The van der Waals surface area contributed by atoms with Gasteiger partial charge in [0.15, 0.2) is 0 Å². The van der Waals surface area contributed by atoms with E-state index in [2.05, 4.69) is 38.2 Å². The van der Waals surface area contributed by atoms with Gasteiger partial charge >= 0.3 is 0 Å². The molecular weight excluding hydrogens is 186 g/mol. The molecule has 15 heavy (non-hydrogen) atoms. The lowest BCUT2D eigenvalue weighted by molar-refractivity contribution is 0.0967. The summed E-state index contributed by atoms with van der Waals surface area (Å²) >= 11 is 0. The maximum atomic E-state index is 5.94. The highest BCUT2D eigenvalue weighted by Gasteiger charge is 2.40. The average Bonchev–Trinajstić information content (AvgIpc) is 2.45. The minimum Gasteiger partial charge on any atom is -0.486 e. The van der Waals surface area contributed by atoms with E-state index in [1.807, 2.05) is 12.1 Å². The van der Waals surface area contributed by atoms with Crippen LogP contribution in [0.2, 0.25) is 0 Å². The van der Waals surface area contributed by atoms with Gasteiger partial charge in [0.25, 0.3) is 0 Å². The smallest absolute Gasteiger partial charge is 0.125 e. The van der Waals surface area contributed by atoms with Crippen molar-refractivity contribution in [2.45, 2.75) is 38.8 Å². The highest BCUT2D eigenvalue weighted by atomic mass is 16.5. The van der Waals surface area contributed by atoms with E-state index < -0.39 is 0 Å². The predicted octanol–water partition coefficient (Wildman–Crippen LogP) is 2.90. The van der Waals surface area contributed by atoms with Crippen LogP contribution in [0.4, 0.5) is 0 Å². The summed E-state index contributed by atoms with van der Waals surface area (Å²) in [6.07, 6.45) is 1.15. The lowest BCUT2D eigenvalue weighted by Crippen LogP contribution is -2.39. The number of para-hydroxylation sites is 1. The van der Waals surface area contributed by atoms with Gasteiger partial charge < -0.3 is 10.1 Å². The van der Waals surface area contributed by atoms with Gasteiger partial charge in [0.1, 0.15) is 11.4 Å². The molecule has 1 N–H and O–H groups in total. The fourth-order valence-corrected chi connectivity index (χ4v) is 2.17. The second-order valence-corrected chi connectivity index (χ2v) is 4.63. The SMILES string of the molecule is CCCNC1c2ccccc2OC1(C)C. The molecule has 0 aliphatic carbocycles. The fraction of sp³-hybridized carbons (Fsp3) is 0.538. The van der Waals surface area contributed by atoms with Gasteiger partial charge in [-0.3, -0.25) is 0 Å². The minimum atomic E-state index is -0.140. The van der Waals surface area contributed by atoms with Gasteiger partial charge in [0, 0.05) is 5.56 Å². The Morgan fingerprint density at radius 2 is 2.07 bits per heavy atom. The van der Waals surface area contributed by atoms with E-state index >= 15 is 0 Å². The lowest BCUT2D eigenvalue weighted by atomic mass is 9.94. The van der Waals surface area contributed by atoms with E-state index in [1.54, 1.807) is 0 Å². The molecule has 0 fully saturated rings.